The van der Waals surface area contributed by atoms with E-state index in [4.69, 9.17) is 4.42 Å². The van der Waals surface area contributed by atoms with Crippen LogP contribution in [0.2, 0.25) is 0 Å². The van der Waals surface area contributed by atoms with Gasteiger partial charge in [-0.2, -0.15) is 0 Å². The van der Waals surface area contributed by atoms with E-state index in [-0.39, 0.29) is 23.3 Å². The minimum atomic E-state index is -0.312. The number of carbonyl (C=O) groups is 2. The normalized spacial score (nSPS) is 21.8. The van der Waals surface area contributed by atoms with Crippen molar-refractivity contribution in [1.29, 1.82) is 0 Å². The topological polar surface area (TPSA) is 80.4 Å². The SMILES string of the molecule is O=C(c1ccco1)N1CCCC(NC(=O)C2(Cn3ccnc3)CC2)C1. The van der Waals surface area contributed by atoms with Gasteiger partial charge in [0.2, 0.25) is 5.91 Å². The summed E-state index contributed by atoms with van der Waals surface area (Å²) in [4.78, 5) is 31.0. The van der Waals surface area contributed by atoms with Crippen molar-refractivity contribution in [3.63, 3.8) is 0 Å². The van der Waals surface area contributed by atoms with Crippen molar-refractivity contribution in [1.82, 2.24) is 19.8 Å². The second-order valence-electron chi connectivity index (χ2n) is 7.06. The molecule has 132 valence electrons. The number of furan rings is 1. The highest BCUT2D eigenvalue weighted by molar-refractivity contribution is 5.91. The molecule has 2 fully saturated rings. The molecule has 7 heteroatoms. The first-order valence-corrected chi connectivity index (χ1v) is 8.76. The van der Waals surface area contributed by atoms with Crippen molar-refractivity contribution in [2.75, 3.05) is 13.1 Å². The minimum absolute atomic E-state index is 0.000393. The van der Waals surface area contributed by atoms with Crippen LogP contribution < -0.4 is 5.32 Å². The molecule has 1 N–H and O–H groups in total. The highest BCUT2D eigenvalue weighted by Gasteiger charge is 2.50. The summed E-state index contributed by atoms with van der Waals surface area (Å²) in [5, 5.41) is 3.17. The number of hydrogen-bond donors (Lipinski definition) is 1. The van der Waals surface area contributed by atoms with Gasteiger partial charge in [-0.3, -0.25) is 9.59 Å². The van der Waals surface area contributed by atoms with Gasteiger partial charge in [0.05, 0.1) is 18.0 Å². The molecular formula is C18H22N4O3. The molecule has 3 heterocycles. The average Bonchev–Trinajstić information content (AvgIpc) is 3.04. The molecule has 2 aromatic rings. The fraction of sp³-hybridized carbons (Fsp3) is 0.500. The molecular weight excluding hydrogens is 320 g/mol. The Labute approximate surface area is 146 Å². The van der Waals surface area contributed by atoms with Crippen molar-refractivity contribution in [3.05, 3.63) is 42.9 Å². The second kappa shape index (κ2) is 6.38. The van der Waals surface area contributed by atoms with Crippen LogP contribution >= 0.6 is 0 Å². The first-order chi connectivity index (χ1) is 12.2. The highest BCUT2D eigenvalue weighted by Crippen LogP contribution is 2.47. The van der Waals surface area contributed by atoms with Crippen LogP contribution in [0, 0.1) is 5.41 Å². The van der Waals surface area contributed by atoms with Crippen molar-refractivity contribution in [2.45, 2.75) is 38.3 Å². The third-order valence-electron chi connectivity index (χ3n) is 5.16. The molecule has 0 bridgehead atoms. The number of nitrogens with zero attached hydrogens (tertiary/aromatic N) is 3. The lowest BCUT2D eigenvalue weighted by Crippen LogP contribution is -2.51. The maximum Gasteiger partial charge on any atom is 0.289 e. The molecule has 7 nitrogen and oxygen atoms in total. The number of imidazole rings is 1. The largest absolute Gasteiger partial charge is 0.459 e. The molecule has 4 rings (SSSR count). The Morgan fingerprint density at radius 3 is 2.96 bits per heavy atom. The Kier molecular flexibility index (Phi) is 4.07. The fourth-order valence-electron chi connectivity index (χ4n) is 3.51. The van der Waals surface area contributed by atoms with E-state index < -0.39 is 0 Å². The average molecular weight is 342 g/mol. The van der Waals surface area contributed by atoms with E-state index in [0.717, 1.165) is 25.7 Å². The van der Waals surface area contributed by atoms with Gasteiger partial charge in [0.15, 0.2) is 5.76 Å². The first-order valence-electron chi connectivity index (χ1n) is 8.76. The predicted octanol–water partition coefficient (Wildman–Crippen LogP) is 1.68. The van der Waals surface area contributed by atoms with Gasteiger partial charge in [-0.25, -0.2) is 4.98 Å². The van der Waals surface area contributed by atoms with Crippen LogP contribution in [0.1, 0.15) is 36.2 Å². The number of amides is 2. The van der Waals surface area contributed by atoms with E-state index in [9.17, 15) is 9.59 Å². The lowest BCUT2D eigenvalue weighted by Gasteiger charge is -2.33. The maximum atomic E-state index is 12.8. The number of piperidine rings is 1. The Morgan fingerprint density at radius 1 is 1.40 bits per heavy atom. The summed E-state index contributed by atoms with van der Waals surface area (Å²) in [6.07, 6.45) is 10.4. The number of aromatic nitrogens is 2. The van der Waals surface area contributed by atoms with Crippen LogP contribution in [0.4, 0.5) is 0 Å². The van der Waals surface area contributed by atoms with Crippen LogP contribution in [0.3, 0.4) is 0 Å². The van der Waals surface area contributed by atoms with E-state index >= 15 is 0 Å². The Balaban J connectivity index is 1.36. The van der Waals surface area contributed by atoms with E-state index in [1.54, 1.807) is 29.6 Å². The fourth-order valence-corrected chi connectivity index (χ4v) is 3.51. The lowest BCUT2D eigenvalue weighted by atomic mass is 10.0. The summed E-state index contributed by atoms with van der Waals surface area (Å²) in [5.74, 6) is 0.341. The first kappa shape index (κ1) is 15.9. The number of likely N-dealkylation sites (tertiary alicyclic amines) is 1. The molecule has 1 saturated heterocycles. The van der Waals surface area contributed by atoms with Crippen LogP contribution in [-0.2, 0) is 11.3 Å². The number of nitrogens with one attached hydrogen (secondary N) is 1. The summed E-state index contributed by atoms with van der Waals surface area (Å²) < 4.78 is 7.16. The number of rotatable bonds is 5. The molecule has 25 heavy (non-hydrogen) atoms. The maximum absolute atomic E-state index is 12.8. The molecule has 1 aliphatic heterocycles. The van der Waals surface area contributed by atoms with Crippen molar-refractivity contribution in [2.24, 2.45) is 5.41 Å². The molecule has 1 aliphatic carbocycles. The summed E-state index contributed by atoms with van der Waals surface area (Å²) in [6, 6.07) is 3.39. The van der Waals surface area contributed by atoms with Gasteiger partial charge in [0, 0.05) is 38.1 Å². The number of carbonyl (C=O) groups excluding carboxylic acids is 2. The summed E-state index contributed by atoms with van der Waals surface area (Å²) in [6.45, 7) is 1.90. The van der Waals surface area contributed by atoms with Gasteiger partial charge in [0.1, 0.15) is 0 Å². The third kappa shape index (κ3) is 3.31. The Hall–Kier alpha value is -2.57. The standard InChI is InChI=1S/C18H22N4O3/c23-16(15-4-2-10-25-15)22-8-1-3-14(11-22)20-17(24)18(5-6-18)12-21-9-7-19-13-21/h2,4,7,9-10,13-14H,1,3,5-6,8,11-12H2,(H,20,24). The summed E-state index contributed by atoms with van der Waals surface area (Å²) >= 11 is 0. The highest BCUT2D eigenvalue weighted by atomic mass is 16.3. The Bertz CT molecular complexity index is 734. The van der Waals surface area contributed by atoms with Crippen molar-refractivity contribution >= 4 is 11.8 Å². The molecule has 2 aliphatic rings. The van der Waals surface area contributed by atoms with Gasteiger partial charge >= 0.3 is 0 Å². The molecule has 1 saturated carbocycles. The van der Waals surface area contributed by atoms with Gasteiger partial charge in [0.25, 0.3) is 5.91 Å². The van der Waals surface area contributed by atoms with E-state index in [2.05, 4.69) is 10.3 Å². The Morgan fingerprint density at radius 2 is 2.28 bits per heavy atom. The smallest absolute Gasteiger partial charge is 0.289 e. The molecule has 2 aromatic heterocycles. The zero-order valence-electron chi connectivity index (χ0n) is 14.1. The van der Waals surface area contributed by atoms with E-state index in [0.29, 0.717) is 25.4 Å². The van der Waals surface area contributed by atoms with Gasteiger partial charge < -0.3 is 19.2 Å². The lowest BCUT2D eigenvalue weighted by molar-refractivity contribution is -0.127. The van der Waals surface area contributed by atoms with Crippen molar-refractivity contribution < 1.29 is 14.0 Å². The van der Waals surface area contributed by atoms with E-state index in [1.165, 1.54) is 6.26 Å². The summed E-state index contributed by atoms with van der Waals surface area (Å²) in [7, 11) is 0. The second-order valence-corrected chi connectivity index (χ2v) is 7.06. The zero-order valence-corrected chi connectivity index (χ0v) is 14.1. The van der Waals surface area contributed by atoms with Crippen LogP contribution in [0.15, 0.2) is 41.5 Å². The summed E-state index contributed by atoms with van der Waals surface area (Å²) in [5.41, 5.74) is -0.312. The monoisotopic (exact) mass is 342 g/mol. The molecule has 2 amide bonds. The minimum Gasteiger partial charge on any atom is -0.459 e. The molecule has 1 unspecified atom stereocenters. The van der Waals surface area contributed by atoms with Gasteiger partial charge in [-0.15, -0.1) is 0 Å². The van der Waals surface area contributed by atoms with Crippen LogP contribution in [0.5, 0.6) is 0 Å². The van der Waals surface area contributed by atoms with Gasteiger partial charge in [-0.1, -0.05) is 0 Å². The molecule has 0 aromatic carbocycles. The molecule has 1 atom stereocenters. The quantitative estimate of drug-likeness (QED) is 0.896. The molecule has 0 spiro atoms. The van der Waals surface area contributed by atoms with Crippen molar-refractivity contribution in [3.8, 4) is 0 Å². The van der Waals surface area contributed by atoms with Crippen LogP contribution in [0.25, 0.3) is 0 Å². The molecule has 0 radical (unpaired) electrons. The van der Waals surface area contributed by atoms with Crippen LogP contribution in [-0.4, -0.2) is 45.4 Å². The van der Waals surface area contributed by atoms with Gasteiger partial charge in [-0.05, 0) is 37.8 Å². The number of hydrogen-bond acceptors (Lipinski definition) is 4. The predicted molar refractivity (Wildman–Crippen MR) is 89.7 cm³/mol. The zero-order chi connectivity index (χ0) is 17.3. The van der Waals surface area contributed by atoms with E-state index in [1.807, 2.05) is 10.8 Å². The third-order valence-corrected chi connectivity index (χ3v) is 5.16.